The quantitative estimate of drug-likeness (QED) is 0.790. The zero-order valence-corrected chi connectivity index (χ0v) is 12.4. The smallest absolute Gasteiger partial charge is 0.303 e. The lowest BCUT2D eigenvalue weighted by atomic mass is 10.0. The van der Waals surface area contributed by atoms with E-state index in [1.54, 1.807) is 12.1 Å². The average molecular weight is 298 g/mol. The third kappa shape index (κ3) is 4.19. The Bertz CT molecular complexity index is 642. The molecule has 0 radical (unpaired) electrons. The number of ether oxygens (including phenoxy) is 1. The van der Waals surface area contributed by atoms with Gasteiger partial charge in [0.05, 0.1) is 13.0 Å². The highest BCUT2D eigenvalue weighted by atomic mass is 16.5. The first kappa shape index (κ1) is 15.8. The van der Waals surface area contributed by atoms with Crippen molar-refractivity contribution in [1.82, 2.24) is 0 Å². The van der Waals surface area contributed by atoms with E-state index in [1.807, 2.05) is 43.3 Å². The fourth-order valence-corrected chi connectivity index (χ4v) is 2.12. The summed E-state index contributed by atoms with van der Waals surface area (Å²) in [6.45, 7) is 2.57. The lowest BCUT2D eigenvalue weighted by molar-refractivity contribution is -0.136. The number of benzene rings is 2. The van der Waals surface area contributed by atoms with Crippen molar-refractivity contribution in [2.75, 3.05) is 6.61 Å². The zero-order valence-electron chi connectivity index (χ0n) is 12.4. The molecular formula is C18H18O4. The molecule has 4 nitrogen and oxygen atoms in total. The maximum absolute atomic E-state index is 11.8. The van der Waals surface area contributed by atoms with Crippen molar-refractivity contribution in [1.29, 1.82) is 0 Å². The minimum absolute atomic E-state index is 0.0255. The van der Waals surface area contributed by atoms with E-state index in [9.17, 15) is 9.59 Å². The Labute approximate surface area is 129 Å². The standard InChI is InChI=1S/C18H18O4/c1-2-22-16-9-7-14(8-10-16)13-3-5-15(6-4-13)17(19)11-12-18(20)21/h3-10H,2,11-12H2,1H3,(H,20,21). The molecule has 0 aromatic heterocycles. The molecule has 4 heteroatoms. The maximum Gasteiger partial charge on any atom is 0.303 e. The van der Waals surface area contributed by atoms with Crippen molar-refractivity contribution in [3.8, 4) is 16.9 Å². The Kier molecular flexibility index (Phi) is 5.31. The van der Waals surface area contributed by atoms with Crippen molar-refractivity contribution in [3.05, 3.63) is 54.1 Å². The molecule has 0 fully saturated rings. The number of aliphatic carboxylic acids is 1. The summed E-state index contributed by atoms with van der Waals surface area (Å²) >= 11 is 0. The first-order chi connectivity index (χ1) is 10.6. The average Bonchev–Trinajstić information content (AvgIpc) is 2.54. The van der Waals surface area contributed by atoms with Gasteiger partial charge in [-0.05, 0) is 30.2 Å². The van der Waals surface area contributed by atoms with Crippen LogP contribution in [0.2, 0.25) is 0 Å². The van der Waals surface area contributed by atoms with Crippen LogP contribution in [0.25, 0.3) is 11.1 Å². The topological polar surface area (TPSA) is 63.6 Å². The molecule has 0 aliphatic heterocycles. The van der Waals surface area contributed by atoms with Crippen LogP contribution in [-0.2, 0) is 4.79 Å². The van der Waals surface area contributed by atoms with Crippen LogP contribution < -0.4 is 4.74 Å². The van der Waals surface area contributed by atoms with E-state index < -0.39 is 5.97 Å². The fraction of sp³-hybridized carbons (Fsp3) is 0.222. The normalized spacial score (nSPS) is 10.2. The number of carbonyl (C=O) groups is 2. The highest BCUT2D eigenvalue weighted by Gasteiger charge is 2.08. The molecule has 0 unspecified atom stereocenters. The summed E-state index contributed by atoms with van der Waals surface area (Å²) < 4.78 is 5.40. The Morgan fingerprint density at radius 3 is 1.95 bits per heavy atom. The van der Waals surface area contributed by atoms with Crippen LogP contribution in [0, 0.1) is 0 Å². The Balaban J connectivity index is 2.07. The van der Waals surface area contributed by atoms with E-state index in [1.165, 1.54) is 0 Å². The number of carbonyl (C=O) groups excluding carboxylic acids is 1. The Hall–Kier alpha value is -2.62. The number of carboxylic acids is 1. The Morgan fingerprint density at radius 1 is 0.909 bits per heavy atom. The van der Waals surface area contributed by atoms with Crippen LogP contribution >= 0.6 is 0 Å². The van der Waals surface area contributed by atoms with Crippen LogP contribution in [0.1, 0.15) is 30.1 Å². The van der Waals surface area contributed by atoms with Gasteiger partial charge in [-0.2, -0.15) is 0 Å². The van der Waals surface area contributed by atoms with E-state index in [0.717, 1.165) is 16.9 Å². The largest absolute Gasteiger partial charge is 0.494 e. The summed E-state index contributed by atoms with van der Waals surface area (Å²) in [5.41, 5.74) is 2.57. The lowest BCUT2D eigenvalue weighted by Crippen LogP contribution is -2.03. The molecule has 0 heterocycles. The summed E-state index contributed by atoms with van der Waals surface area (Å²) in [5.74, 6) is -0.285. The highest BCUT2D eigenvalue weighted by molar-refractivity contribution is 5.97. The van der Waals surface area contributed by atoms with Gasteiger partial charge in [0.25, 0.3) is 0 Å². The summed E-state index contributed by atoms with van der Waals surface area (Å²) in [6.07, 6.45) is -0.114. The summed E-state index contributed by atoms with van der Waals surface area (Å²) in [6, 6.07) is 14.9. The number of Topliss-reactive ketones (excluding diaryl/α,β-unsaturated/α-hetero) is 1. The molecule has 0 saturated carbocycles. The molecule has 0 aliphatic rings. The van der Waals surface area contributed by atoms with Gasteiger partial charge >= 0.3 is 5.97 Å². The molecule has 0 spiro atoms. The third-order valence-corrected chi connectivity index (χ3v) is 3.27. The van der Waals surface area contributed by atoms with Crippen molar-refractivity contribution >= 4 is 11.8 Å². The van der Waals surface area contributed by atoms with E-state index in [4.69, 9.17) is 9.84 Å². The van der Waals surface area contributed by atoms with Gasteiger partial charge in [-0.3, -0.25) is 9.59 Å². The number of hydrogen-bond donors (Lipinski definition) is 1. The van der Waals surface area contributed by atoms with Crippen LogP contribution in [-0.4, -0.2) is 23.5 Å². The minimum atomic E-state index is -0.959. The van der Waals surface area contributed by atoms with Crippen LogP contribution in [0.4, 0.5) is 0 Å². The van der Waals surface area contributed by atoms with Gasteiger partial charge in [0.1, 0.15) is 5.75 Å². The van der Waals surface area contributed by atoms with Gasteiger partial charge in [0.2, 0.25) is 0 Å². The summed E-state index contributed by atoms with van der Waals surface area (Å²) in [4.78, 5) is 22.3. The second kappa shape index (κ2) is 7.41. The van der Waals surface area contributed by atoms with E-state index in [0.29, 0.717) is 12.2 Å². The van der Waals surface area contributed by atoms with Crippen molar-refractivity contribution < 1.29 is 19.4 Å². The van der Waals surface area contributed by atoms with Crippen molar-refractivity contribution in [2.45, 2.75) is 19.8 Å². The van der Waals surface area contributed by atoms with Crippen molar-refractivity contribution in [2.24, 2.45) is 0 Å². The van der Waals surface area contributed by atoms with E-state index in [-0.39, 0.29) is 18.6 Å². The first-order valence-corrected chi connectivity index (χ1v) is 7.18. The minimum Gasteiger partial charge on any atom is -0.494 e. The number of hydrogen-bond acceptors (Lipinski definition) is 3. The molecule has 0 bridgehead atoms. The van der Waals surface area contributed by atoms with Crippen LogP contribution in [0.3, 0.4) is 0 Å². The number of rotatable bonds is 7. The molecule has 2 rings (SSSR count). The second-order valence-corrected chi connectivity index (χ2v) is 4.85. The first-order valence-electron chi connectivity index (χ1n) is 7.18. The van der Waals surface area contributed by atoms with Gasteiger partial charge in [-0.15, -0.1) is 0 Å². The van der Waals surface area contributed by atoms with E-state index >= 15 is 0 Å². The molecule has 2 aromatic rings. The third-order valence-electron chi connectivity index (χ3n) is 3.27. The molecule has 22 heavy (non-hydrogen) atoms. The second-order valence-electron chi connectivity index (χ2n) is 4.85. The summed E-state index contributed by atoms with van der Waals surface area (Å²) in [7, 11) is 0. The Morgan fingerprint density at radius 2 is 1.45 bits per heavy atom. The highest BCUT2D eigenvalue weighted by Crippen LogP contribution is 2.23. The number of carboxylic acid groups (broad SMARTS) is 1. The van der Waals surface area contributed by atoms with Gasteiger partial charge in [0.15, 0.2) is 5.78 Å². The SMILES string of the molecule is CCOc1ccc(-c2ccc(C(=O)CCC(=O)O)cc2)cc1. The van der Waals surface area contributed by atoms with Gasteiger partial charge in [-0.25, -0.2) is 0 Å². The molecule has 114 valence electrons. The molecular weight excluding hydrogens is 280 g/mol. The van der Waals surface area contributed by atoms with Gasteiger partial charge in [0, 0.05) is 12.0 Å². The predicted molar refractivity (Wildman–Crippen MR) is 84.2 cm³/mol. The zero-order chi connectivity index (χ0) is 15.9. The lowest BCUT2D eigenvalue weighted by Gasteiger charge is -2.06. The molecule has 0 aliphatic carbocycles. The molecule has 0 amide bonds. The van der Waals surface area contributed by atoms with Crippen LogP contribution in [0.15, 0.2) is 48.5 Å². The van der Waals surface area contributed by atoms with Crippen molar-refractivity contribution in [3.63, 3.8) is 0 Å². The van der Waals surface area contributed by atoms with Crippen LogP contribution in [0.5, 0.6) is 5.75 Å². The predicted octanol–water partition coefficient (Wildman–Crippen LogP) is 3.80. The summed E-state index contributed by atoms with van der Waals surface area (Å²) in [5, 5.41) is 8.60. The monoisotopic (exact) mass is 298 g/mol. The van der Waals surface area contributed by atoms with Gasteiger partial charge in [-0.1, -0.05) is 36.4 Å². The molecule has 0 saturated heterocycles. The molecule has 1 N–H and O–H groups in total. The van der Waals surface area contributed by atoms with E-state index in [2.05, 4.69) is 0 Å². The number of ketones is 1. The maximum atomic E-state index is 11.8. The molecule has 2 aromatic carbocycles. The molecule has 0 atom stereocenters. The fourth-order valence-electron chi connectivity index (χ4n) is 2.12. The van der Waals surface area contributed by atoms with Gasteiger partial charge < -0.3 is 9.84 Å².